The van der Waals surface area contributed by atoms with Crippen LogP contribution in [0, 0.1) is 12.8 Å². The summed E-state index contributed by atoms with van der Waals surface area (Å²) < 4.78 is 5.60. The van der Waals surface area contributed by atoms with Crippen molar-refractivity contribution in [2.75, 3.05) is 19.8 Å². The van der Waals surface area contributed by atoms with Crippen molar-refractivity contribution in [1.29, 1.82) is 0 Å². The van der Waals surface area contributed by atoms with Gasteiger partial charge in [-0.25, -0.2) is 0 Å². The van der Waals surface area contributed by atoms with Gasteiger partial charge in [-0.2, -0.15) is 0 Å². The molecule has 1 rings (SSSR count). The highest BCUT2D eigenvalue weighted by Crippen LogP contribution is 2.22. The normalized spacial score (nSPS) is 12.5. The van der Waals surface area contributed by atoms with Crippen LogP contribution in [0.5, 0.6) is 5.75 Å². The Balaban J connectivity index is 2.70. The van der Waals surface area contributed by atoms with Crippen LogP contribution in [0.2, 0.25) is 0 Å². The predicted molar refractivity (Wildman–Crippen MR) is 70.3 cm³/mol. The quantitative estimate of drug-likeness (QED) is 0.761. The number of rotatable bonds is 7. The third kappa shape index (κ3) is 4.36. The Kier molecular flexibility index (Phi) is 6.01. The molecule has 0 bridgehead atoms. The van der Waals surface area contributed by atoms with Crippen LogP contribution in [0.25, 0.3) is 0 Å². The number of aryl methyl sites for hydroxylation is 2. The summed E-state index contributed by atoms with van der Waals surface area (Å²) in [6.45, 7) is 5.43. The lowest BCUT2D eigenvalue weighted by molar-refractivity contribution is 0.222. The van der Waals surface area contributed by atoms with Gasteiger partial charge in [-0.15, -0.1) is 0 Å². The van der Waals surface area contributed by atoms with E-state index >= 15 is 0 Å². The fourth-order valence-corrected chi connectivity index (χ4v) is 1.84. The number of hydrogen-bond acceptors (Lipinski definition) is 3. The number of nitrogens with two attached hydrogens (primary N) is 1. The van der Waals surface area contributed by atoms with E-state index in [2.05, 4.69) is 19.1 Å². The lowest BCUT2D eigenvalue weighted by Crippen LogP contribution is -2.18. The second-order valence-corrected chi connectivity index (χ2v) is 4.37. The van der Waals surface area contributed by atoms with Gasteiger partial charge in [0.1, 0.15) is 5.75 Å². The van der Waals surface area contributed by atoms with E-state index in [-0.39, 0.29) is 12.5 Å². The summed E-state index contributed by atoms with van der Waals surface area (Å²) >= 11 is 0. The van der Waals surface area contributed by atoms with Gasteiger partial charge in [-0.05, 0) is 50.8 Å². The van der Waals surface area contributed by atoms with Crippen molar-refractivity contribution >= 4 is 0 Å². The Morgan fingerprint density at radius 2 is 2.18 bits per heavy atom. The average Bonchev–Trinajstić information content (AvgIpc) is 2.34. The van der Waals surface area contributed by atoms with Crippen LogP contribution >= 0.6 is 0 Å². The summed E-state index contributed by atoms with van der Waals surface area (Å²) in [5.41, 5.74) is 8.02. The zero-order valence-corrected chi connectivity index (χ0v) is 10.8. The number of hydrogen-bond donors (Lipinski definition) is 2. The summed E-state index contributed by atoms with van der Waals surface area (Å²) in [6, 6.07) is 6.22. The van der Waals surface area contributed by atoms with E-state index < -0.39 is 0 Å². The molecule has 1 atom stereocenters. The van der Waals surface area contributed by atoms with Gasteiger partial charge in [0.15, 0.2) is 0 Å². The highest BCUT2D eigenvalue weighted by molar-refractivity contribution is 5.37. The molecule has 1 aromatic rings. The molecule has 96 valence electrons. The molecule has 0 saturated heterocycles. The maximum absolute atomic E-state index is 9.12. The minimum Gasteiger partial charge on any atom is -0.494 e. The Morgan fingerprint density at radius 1 is 1.41 bits per heavy atom. The molecule has 1 unspecified atom stereocenters. The Morgan fingerprint density at radius 3 is 2.76 bits per heavy atom. The molecule has 1 aromatic carbocycles. The van der Waals surface area contributed by atoms with Crippen LogP contribution < -0.4 is 10.5 Å². The standard InChI is InChI=1S/C14H23NO2/c1-3-17-14-7-4-11(2)8-13(14)6-5-12(9-15)10-16/h4,7-8,12,16H,3,5-6,9-10,15H2,1-2H3. The molecule has 0 aliphatic rings. The van der Waals surface area contributed by atoms with Gasteiger partial charge in [0.25, 0.3) is 0 Å². The fraction of sp³-hybridized carbons (Fsp3) is 0.571. The second-order valence-electron chi connectivity index (χ2n) is 4.37. The first kappa shape index (κ1) is 14.0. The smallest absolute Gasteiger partial charge is 0.122 e. The van der Waals surface area contributed by atoms with Gasteiger partial charge < -0.3 is 15.6 Å². The number of aliphatic hydroxyl groups excluding tert-OH is 1. The first-order chi connectivity index (χ1) is 8.21. The highest BCUT2D eigenvalue weighted by Gasteiger charge is 2.09. The molecule has 0 heterocycles. The van der Waals surface area contributed by atoms with Crippen LogP contribution in [-0.4, -0.2) is 24.9 Å². The van der Waals surface area contributed by atoms with Crippen molar-refractivity contribution < 1.29 is 9.84 Å². The summed E-state index contributed by atoms with van der Waals surface area (Å²) in [6.07, 6.45) is 1.80. The summed E-state index contributed by atoms with van der Waals surface area (Å²) in [7, 11) is 0. The lowest BCUT2D eigenvalue weighted by atomic mass is 9.98. The largest absolute Gasteiger partial charge is 0.494 e. The van der Waals surface area contributed by atoms with E-state index in [1.165, 1.54) is 11.1 Å². The van der Waals surface area contributed by atoms with E-state index in [1.807, 2.05) is 13.0 Å². The predicted octanol–water partition coefficient (Wildman–Crippen LogP) is 1.89. The molecule has 3 N–H and O–H groups in total. The summed E-state index contributed by atoms with van der Waals surface area (Å²) in [5, 5.41) is 9.12. The molecule has 0 aliphatic carbocycles. The SMILES string of the molecule is CCOc1ccc(C)cc1CCC(CN)CO. The summed E-state index contributed by atoms with van der Waals surface area (Å²) in [4.78, 5) is 0. The van der Waals surface area contributed by atoms with E-state index in [4.69, 9.17) is 15.6 Å². The first-order valence-corrected chi connectivity index (χ1v) is 6.24. The third-order valence-electron chi connectivity index (χ3n) is 2.93. The molecule has 3 nitrogen and oxygen atoms in total. The fourth-order valence-electron chi connectivity index (χ4n) is 1.84. The van der Waals surface area contributed by atoms with Crippen molar-refractivity contribution in [3.05, 3.63) is 29.3 Å². The highest BCUT2D eigenvalue weighted by atomic mass is 16.5. The Hall–Kier alpha value is -1.06. The van der Waals surface area contributed by atoms with E-state index in [0.717, 1.165) is 18.6 Å². The lowest BCUT2D eigenvalue weighted by Gasteiger charge is -2.14. The number of benzene rings is 1. The number of aliphatic hydroxyl groups is 1. The third-order valence-corrected chi connectivity index (χ3v) is 2.93. The van der Waals surface area contributed by atoms with Crippen molar-refractivity contribution in [2.45, 2.75) is 26.7 Å². The van der Waals surface area contributed by atoms with Crippen molar-refractivity contribution in [3.63, 3.8) is 0 Å². The average molecular weight is 237 g/mol. The van der Waals surface area contributed by atoms with Gasteiger partial charge in [-0.1, -0.05) is 17.7 Å². The van der Waals surface area contributed by atoms with Crippen molar-refractivity contribution in [3.8, 4) is 5.75 Å². The molecular formula is C14H23NO2. The molecule has 0 saturated carbocycles. The summed E-state index contributed by atoms with van der Waals surface area (Å²) in [5.74, 6) is 1.14. The monoisotopic (exact) mass is 237 g/mol. The van der Waals surface area contributed by atoms with E-state index in [0.29, 0.717) is 13.2 Å². The minimum atomic E-state index is 0.159. The molecule has 3 heteroatoms. The van der Waals surface area contributed by atoms with Crippen LogP contribution in [0.3, 0.4) is 0 Å². The van der Waals surface area contributed by atoms with Crippen LogP contribution in [0.1, 0.15) is 24.5 Å². The molecule has 0 spiro atoms. The molecular weight excluding hydrogens is 214 g/mol. The molecule has 0 fully saturated rings. The number of ether oxygens (including phenoxy) is 1. The van der Waals surface area contributed by atoms with E-state index in [1.54, 1.807) is 0 Å². The van der Waals surface area contributed by atoms with Gasteiger partial charge >= 0.3 is 0 Å². The first-order valence-electron chi connectivity index (χ1n) is 6.24. The van der Waals surface area contributed by atoms with Gasteiger partial charge in [0, 0.05) is 6.61 Å². The maximum atomic E-state index is 9.12. The van der Waals surface area contributed by atoms with Crippen LogP contribution in [-0.2, 0) is 6.42 Å². The zero-order chi connectivity index (χ0) is 12.7. The van der Waals surface area contributed by atoms with Crippen LogP contribution in [0.15, 0.2) is 18.2 Å². The molecule has 0 amide bonds. The Bertz CT molecular complexity index is 335. The maximum Gasteiger partial charge on any atom is 0.122 e. The van der Waals surface area contributed by atoms with E-state index in [9.17, 15) is 0 Å². The van der Waals surface area contributed by atoms with Crippen LogP contribution in [0.4, 0.5) is 0 Å². The van der Waals surface area contributed by atoms with Gasteiger partial charge in [0.05, 0.1) is 6.61 Å². The second kappa shape index (κ2) is 7.30. The molecule has 0 radical (unpaired) electrons. The van der Waals surface area contributed by atoms with Gasteiger partial charge in [-0.3, -0.25) is 0 Å². The molecule has 0 aliphatic heterocycles. The van der Waals surface area contributed by atoms with Crippen molar-refractivity contribution in [1.82, 2.24) is 0 Å². The zero-order valence-electron chi connectivity index (χ0n) is 10.8. The van der Waals surface area contributed by atoms with Crippen molar-refractivity contribution in [2.24, 2.45) is 11.7 Å². The molecule has 17 heavy (non-hydrogen) atoms. The molecule has 0 aromatic heterocycles. The minimum absolute atomic E-state index is 0.159. The van der Waals surface area contributed by atoms with Gasteiger partial charge in [0.2, 0.25) is 0 Å². The topological polar surface area (TPSA) is 55.5 Å². The Labute approximate surface area is 104 Å².